The smallest absolute Gasteiger partial charge is 0.0594 e. The standard InChI is InChI=1S/C26H43NO/c1-4-5-19-8-11-23-22-10-7-20-6-9-21(27-14-16-28-17-15-27)18-26(20,3)24(22)12-13-25(19,23)2/h4,19-24H,1,5-18H2,2-3H3/t19?,20?,21?,22-,23-,24+,25+,26-/m0/s1. The zero-order valence-corrected chi connectivity index (χ0v) is 18.5. The van der Waals surface area contributed by atoms with Crippen LogP contribution >= 0.6 is 0 Å². The van der Waals surface area contributed by atoms with E-state index in [1.807, 2.05) is 0 Å². The van der Waals surface area contributed by atoms with Crippen LogP contribution < -0.4 is 0 Å². The van der Waals surface area contributed by atoms with Gasteiger partial charge in [0, 0.05) is 19.1 Å². The van der Waals surface area contributed by atoms with Crippen molar-refractivity contribution >= 4 is 0 Å². The van der Waals surface area contributed by atoms with E-state index in [0.717, 1.165) is 48.8 Å². The highest BCUT2D eigenvalue weighted by Gasteiger charge is 2.60. The van der Waals surface area contributed by atoms with Gasteiger partial charge in [0.2, 0.25) is 0 Å². The van der Waals surface area contributed by atoms with Crippen LogP contribution in [-0.4, -0.2) is 37.2 Å². The second kappa shape index (κ2) is 7.41. The number of rotatable bonds is 3. The van der Waals surface area contributed by atoms with E-state index in [1.165, 1.54) is 77.3 Å². The molecule has 0 spiro atoms. The largest absolute Gasteiger partial charge is 0.379 e. The molecule has 5 rings (SSSR count). The normalized spacial score (nSPS) is 51.8. The van der Waals surface area contributed by atoms with E-state index in [0.29, 0.717) is 10.8 Å². The Balaban J connectivity index is 1.36. The lowest BCUT2D eigenvalue weighted by Crippen LogP contribution is -2.57. The van der Waals surface area contributed by atoms with Crippen LogP contribution in [0.1, 0.15) is 78.1 Å². The van der Waals surface area contributed by atoms with E-state index >= 15 is 0 Å². The number of morpholine rings is 1. The molecular weight excluding hydrogens is 342 g/mol. The van der Waals surface area contributed by atoms with Crippen molar-refractivity contribution in [2.24, 2.45) is 40.4 Å². The van der Waals surface area contributed by atoms with Gasteiger partial charge < -0.3 is 4.74 Å². The van der Waals surface area contributed by atoms with Gasteiger partial charge in [-0.15, -0.1) is 6.58 Å². The van der Waals surface area contributed by atoms with Gasteiger partial charge in [-0.05, 0) is 105 Å². The van der Waals surface area contributed by atoms with Gasteiger partial charge in [-0.3, -0.25) is 4.90 Å². The summed E-state index contributed by atoms with van der Waals surface area (Å²) < 4.78 is 5.65. The molecule has 0 N–H and O–H groups in total. The number of allylic oxidation sites excluding steroid dienone is 1. The number of nitrogens with zero attached hydrogens (tertiary/aromatic N) is 1. The maximum absolute atomic E-state index is 5.65. The van der Waals surface area contributed by atoms with E-state index < -0.39 is 0 Å². The third kappa shape index (κ3) is 2.96. The summed E-state index contributed by atoms with van der Waals surface area (Å²) in [6.45, 7) is 13.7. The lowest BCUT2D eigenvalue weighted by atomic mass is 9.44. The van der Waals surface area contributed by atoms with E-state index in [9.17, 15) is 0 Å². The minimum absolute atomic E-state index is 0.599. The topological polar surface area (TPSA) is 12.5 Å². The Hall–Kier alpha value is -0.340. The van der Waals surface area contributed by atoms with Gasteiger partial charge in [-0.25, -0.2) is 0 Å². The molecule has 1 saturated heterocycles. The van der Waals surface area contributed by atoms with Crippen molar-refractivity contribution in [2.75, 3.05) is 26.3 Å². The Labute approximate surface area is 173 Å². The van der Waals surface area contributed by atoms with Crippen molar-refractivity contribution in [2.45, 2.75) is 84.1 Å². The average molecular weight is 386 g/mol. The monoisotopic (exact) mass is 385 g/mol. The molecule has 8 atom stereocenters. The fraction of sp³-hybridized carbons (Fsp3) is 0.923. The molecule has 5 aliphatic rings. The van der Waals surface area contributed by atoms with Gasteiger partial charge >= 0.3 is 0 Å². The first-order chi connectivity index (χ1) is 13.6. The molecule has 2 heteroatoms. The maximum atomic E-state index is 5.65. The Bertz CT molecular complexity index is 583. The van der Waals surface area contributed by atoms with Crippen LogP contribution in [0, 0.1) is 40.4 Å². The SMILES string of the molecule is C=CCC1CC[C@H]2[C@@H]3CCC4CCC(N5CCOCC5)C[C@]4(C)[C@@H]3CC[C@]12C. The molecular formula is C26H43NO. The van der Waals surface area contributed by atoms with Crippen LogP contribution in [0.15, 0.2) is 12.7 Å². The molecule has 4 saturated carbocycles. The second-order valence-corrected chi connectivity index (χ2v) is 11.6. The molecule has 0 bridgehead atoms. The fourth-order valence-corrected chi connectivity index (χ4v) is 9.28. The molecule has 4 aliphatic carbocycles. The summed E-state index contributed by atoms with van der Waals surface area (Å²) >= 11 is 0. The van der Waals surface area contributed by atoms with Gasteiger partial charge in [0.15, 0.2) is 0 Å². The molecule has 1 aliphatic heterocycles. The van der Waals surface area contributed by atoms with Crippen LogP contribution in [0.2, 0.25) is 0 Å². The van der Waals surface area contributed by atoms with Crippen molar-refractivity contribution < 1.29 is 4.74 Å². The van der Waals surface area contributed by atoms with E-state index in [-0.39, 0.29) is 0 Å². The molecule has 0 aromatic rings. The number of hydrogen-bond acceptors (Lipinski definition) is 2. The summed E-state index contributed by atoms with van der Waals surface area (Å²) in [5.41, 5.74) is 1.21. The first kappa shape index (κ1) is 19.6. The molecule has 28 heavy (non-hydrogen) atoms. The zero-order valence-electron chi connectivity index (χ0n) is 18.5. The first-order valence-electron chi connectivity index (χ1n) is 12.5. The Kier molecular flexibility index (Phi) is 5.19. The van der Waals surface area contributed by atoms with Crippen molar-refractivity contribution in [3.63, 3.8) is 0 Å². The number of fused-ring (bicyclic) bond motifs is 5. The average Bonchev–Trinajstić information content (AvgIpc) is 3.04. The fourth-order valence-electron chi connectivity index (χ4n) is 9.28. The predicted molar refractivity (Wildman–Crippen MR) is 116 cm³/mol. The molecule has 0 radical (unpaired) electrons. The van der Waals surface area contributed by atoms with Crippen LogP contribution in [0.5, 0.6) is 0 Å². The maximum Gasteiger partial charge on any atom is 0.0594 e. The minimum Gasteiger partial charge on any atom is -0.379 e. The summed E-state index contributed by atoms with van der Waals surface area (Å²) in [7, 11) is 0. The van der Waals surface area contributed by atoms with E-state index in [1.54, 1.807) is 0 Å². The zero-order chi connectivity index (χ0) is 19.4. The van der Waals surface area contributed by atoms with Crippen LogP contribution in [0.3, 0.4) is 0 Å². The van der Waals surface area contributed by atoms with Gasteiger partial charge in [-0.1, -0.05) is 19.9 Å². The van der Waals surface area contributed by atoms with Gasteiger partial charge in [0.05, 0.1) is 13.2 Å². The second-order valence-electron chi connectivity index (χ2n) is 11.6. The summed E-state index contributed by atoms with van der Waals surface area (Å²) in [5.74, 6) is 4.92. The van der Waals surface area contributed by atoms with Crippen LogP contribution in [-0.2, 0) is 4.74 Å². The van der Waals surface area contributed by atoms with Gasteiger partial charge in [0.25, 0.3) is 0 Å². The van der Waals surface area contributed by atoms with Gasteiger partial charge in [-0.2, -0.15) is 0 Å². The summed E-state index contributed by atoms with van der Waals surface area (Å²) in [5, 5.41) is 0. The first-order valence-corrected chi connectivity index (χ1v) is 12.5. The van der Waals surface area contributed by atoms with Crippen molar-refractivity contribution in [3.05, 3.63) is 12.7 Å². The van der Waals surface area contributed by atoms with Crippen molar-refractivity contribution in [1.82, 2.24) is 4.90 Å². The quantitative estimate of drug-likeness (QED) is 0.559. The van der Waals surface area contributed by atoms with Crippen LogP contribution in [0.4, 0.5) is 0 Å². The highest BCUT2D eigenvalue weighted by molar-refractivity contribution is 5.10. The molecule has 2 nitrogen and oxygen atoms in total. The summed E-state index contributed by atoms with van der Waals surface area (Å²) in [6, 6.07) is 0.828. The molecule has 3 unspecified atom stereocenters. The lowest BCUT2D eigenvalue weighted by Gasteiger charge is -2.62. The molecule has 0 aromatic carbocycles. The molecule has 158 valence electrons. The lowest BCUT2D eigenvalue weighted by molar-refractivity contribution is -0.128. The number of ether oxygens (including phenoxy) is 1. The highest BCUT2D eigenvalue weighted by Crippen LogP contribution is 2.68. The molecule has 1 heterocycles. The summed E-state index contributed by atoms with van der Waals surface area (Å²) in [6.07, 6.45) is 16.9. The van der Waals surface area contributed by atoms with E-state index in [4.69, 9.17) is 4.74 Å². The third-order valence-electron chi connectivity index (χ3n) is 10.8. The number of hydrogen-bond donors (Lipinski definition) is 0. The Morgan fingerprint density at radius 3 is 2.46 bits per heavy atom. The van der Waals surface area contributed by atoms with Gasteiger partial charge in [0.1, 0.15) is 0 Å². The molecule has 0 amide bonds. The Morgan fingerprint density at radius 2 is 1.68 bits per heavy atom. The Morgan fingerprint density at radius 1 is 0.929 bits per heavy atom. The van der Waals surface area contributed by atoms with Crippen LogP contribution in [0.25, 0.3) is 0 Å². The minimum atomic E-state index is 0.599. The molecule has 5 fully saturated rings. The summed E-state index contributed by atoms with van der Waals surface area (Å²) in [4.78, 5) is 2.79. The highest BCUT2D eigenvalue weighted by atomic mass is 16.5. The van der Waals surface area contributed by atoms with Crippen molar-refractivity contribution in [1.29, 1.82) is 0 Å². The predicted octanol–water partition coefficient (Wildman–Crippen LogP) is 5.92. The third-order valence-corrected chi connectivity index (χ3v) is 10.8. The van der Waals surface area contributed by atoms with Crippen molar-refractivity contribution in [3.8, 4) is 0 Å². The van der Waals surface area contributed by atoms with E-state index in [2.05, 4.69) is 31.4 Å². The molecule has 0 aromatic heterocycles.